The third-order valence-corrected chi connectivity index (χ3v) is 4.16. The average molecular weight is 304 g/mol. The predicted molar refractivity (Wildman–Crippen MR) is 84.6 cm³/mol. The van der Waals surface area contributed by atoms with Crippen molar-refractivity contribution in [3.05, 3.63) is 59.4 Å². The van der Waals surface area contributed by atoms with Gasteiger partial charge in [-0.05, 0) is 30.7 Å². The molecular weight excluding hydrogens is 287 g/mol. The molecule has 0 unspecified atom stereocenters. The van der Waals surface area contributed by atoms with Crippen LogP contribution in [0.5, 0.6) is 0 Å². The summed E-state index contributed by atoms with van der Waals surface area (Å²) in [6.07, 6.45) is 0. The number of nitrogens with one attached hydrogen (secondary N) is 1. The number of halogens is 1. The fourth-order valence-electron chi connectivity index (χ4n) is 1.80. The van der Waals surface area contributed by atoms with E-state index in [0.717, 1.165) is 10.5 Å². The van der Waals surface area contributed by atoms with E-state index in [-0.39, 0.29) is 24.0 Å². The lowest BCUT2D eigenvalue weighted by Crippen LogP contribution is -2.25. The molecule has 0 radical (unpaired) electrons. The van der Waals surface area contributed by atoms with Crippen LogP contribution in [0.3, 0.4) is 0 Å². The SMILES string of the molecule is Cc1ccc(N)cc1SCC(=O)NCc1ccccc1F. The molecule has 0 atom stereocenters. The Balaban J connectivity index is 1.85. The van der Waals surface area contributed by atoms with Crippen LogP contribution in [0.25, 0.3) is 0 Å². The Morgan fingerprint density at radius 3 is 2.81 bits per heavy atom. The van der Waals surface area contributed by atoms with Crippen LogP contribution in [0.4, 0.5) is 10.1 Å². The molecule has 3 nitrogen and oxygen atoms in total. The Hall–Kier alpha value is -2.01. The molecule has 2 aromatic carbocycles. The van der Waals surface area contributed by atoms with E-state index in [1.54, 1.807) is 18.2 Å². The monoisotopic (exact) mass is 304 g/mol. The zero-order valence-corrected chi connectivity index (χ0v) is 12.5. The van der Waals surface area contributed by atoms with Crippen molar-refractivity contribution < 1.29 is 9.18 Å². The van der Waals surface area contributed by atoms with Gasteiger partial charge in [-0.3, -0.25) is 4.79 Å². The van der Waals surface area contributed by atoms with Crippen molar-refractivity contribution in [2.75, 3.05) is 11.5 Å². The lowest BCUT2D eigenvalue weighted by Gasteiger charge is -2.08. The highest BCUT2D eigenvalue weighted by molar-refractivity contribution is 8.00. The first kappa shape index (κ1) is 15.4. The van der Waals surface area contributed by atoms with Gasteiger partial charge in [0.1, 0.15) is 5.82 Å². The van der Waals surface area contributed by atoms with E-state index in [0.29, 0.717) is 11.3 Å². The highest BCUT2D eigenvalue weighted by Crippen LogP contribution is 2.24. The molecule has 0 aromatic heterocycles. The van der Waals surface area contributed by atoms with Gasteiger partial charge >= 0.3 is 0 Å². The fourth-order valence-corrected chi connectivity index (χ4v) is 2.71. The van der Waals surface area contributed by atoms with E-state index in [4.69, 9.17) is 5.73 Å². The topological polar surface area (TPSA) is 55.1 Å². The molecular formula is C16H17FN2OS. The Labute approximate surface area is 127 Å². The summed E-state index contributed by atoms with van der Waals surface area (Å²) in [7, 11) is 0. The minimum atomic E-state index is -0.308. The largest absolute Gasteiger partial charge is 0.399 e. The summed E-state index contributed by atoms with van der Waals surface area (Å²) in [5.74, 6) is -0.166. The van der Waals surface area contributed by atoms with Gasteiger partial charge in [0.2, 0.25) is 5.91 Å². The molecule has 5 heteroatoms. The van der Waals surface area contributed by atoms with Gasteiger partial charge in [0.25, 0.3) is 0 Å². The molecule has 0 spiro atoms. The number of nitrogen functional groups attached to an aromatic ring is 1. The van der Waals surface area contributed by atoms with E-state index >= 15 is 0 Å². The summed E-state index contributed by atoms with van der Waals surface area (Å²) in [6, 6.07) is 12.0. The van der Waals surface area contributed by atoms with Crippen molar-refractivity contribution in [1.82, 2.24) is 5.32 Å². The summed E-state index contributed by atoms with van der Waals surface area (Å²) >= 11 is 1.42. The second-order valence-electron chi connectivity index (χ2n) is 4.68. The highest BCUT2D eigenvalue weighted by Gasteiger charge is 2.07. The number of carbonyl (C=O) groups excluding carboxylic acids is 1. The summed E-state index contributed by atoms with van der Waals surface area (Å²) in [6.45, 7) is 2.17. The van der Waals surface area contributed by atoms with Gasteiger partial charge in [-0.25, -0.2) is 4.39 Å². The molecule has 3 N–H and O–H groups in total. The number of anilines is 1. The molecule has 1 amide bonds. The quantitative estimate of drug-likeness (QED) is 0.659. The number of hydrogen-bond donors (Lipinski definition) is 2. The summed E-state index contributed by atoms with van der Waals surface area (Å²) in [5, 5.41) is 2.71. The first-order chi connectivity index (χ1) is 10.1. The number of amides is 1. The molecule has 110 valence electrons. The maximum atomic E-state index is 13.4. The van der Waals surface area contributed by atoms with Crippen LogP contribution in [0.2, 0.25) is 0 Å². The Kier molecular flexibility index (Phi) is 5.22. The number of nitrogens with two attached hydrogens (primary N) is 1. The first-order valence-corrected chi connectivity index (χ1v) is 7.54. The highest BCUT2D eigenvalue weighted by atomic mass is 32.2. The van der Waals surface area contributed by atoms with Crippen LogP contribution in [-0.4, -0.2) is 11.7 Å². The summed E-state index contributed by atoms with van der Waals surface area (Å²) in [4.78, 5) is 12.8. The minimum absolute atomic E-state index is 0.134. The summed E-state index contributed by atoms with van der Waals surface area (Å²) in [5.41, 5.74) is 7.97. The molecule has 2 aromatic rings. The standard InChI is InChI=1S/C16H17FN2OS/c1-11-6-7-13(18)8-15(11)21-10-16(20)19-9-12-4-2-3-5-14(12)17/h2-8H,9-10,18H2,1H3,(H,19,20). The first-order valence-electron chi connectivity index (χ1n) is 6.55. The number of benzene rings is 2. The third-order valence-electron chi connectivity index (χ3n) is 3.00. The molecule has 0 fully saturated rings. The molecule has 2 rings (SSSR count). The van der Waals surface area contributed by atoms with Crippen LogP contribution >= 0.6 is 11.8 Å². The zero-order chi connectivity index (χ0) is 15.2. The minimum Gasteiger partial charge on any atom is -0.399 e. The van der Waals surface area contributed by atoms with Crippen molar-refractivity contribution in [1.29, 1.82) is 0 Å². The van der Waals surface area contributed by atoms with Crippen molar-refractivity contribution in [3.8, 4) is 0 Å². The van der Waals surface area contributed by atoms with Crippen LogP contribution < -0.4 is 11.1 Å². The van der Waals surface area contributed by atoms with Crippen LogP contribution in [-0.2, 0) is 11.3 Å². The number of hydrogen-bond acceptors (Lipinski definition) is 3. The Morgan fingerprint density at radius 2 is 2.05 bits per heavy atom. The normalized spacial score (nSPS) is 10.4. The van der Waals surface area contributed by atoms with Gasteiger partial charge in [0.05, 0.1) is 5.75 Å². The molecule has 0 heterocycles. The van der Waals surface area contributed by atoms with Gasteiger partial charge in [-0.2, -0.15) is 0 Å². The third kappa shape index (κ3) is 4.49. The molecule has 0 bridgehead atoms. The average Bonchev–Trinajstić information content (AvgIpc) is 2.47. The van der Waals surface area contributed by atoms with E-state index in [9.17, 15) is 9.18 Å². The summed E-state index contributed by atoms with van der Waals surface area (Å²) < 4.78 is 13.4. The zero-order valence-electron chi connectivity index (χ0n) is 11.7. The smallest absolute Gasteiger partial charge is 0.230 e. The Bertz CT molecular complexity index is 646. The van der Waals surface area contributed by atoms with E-state index in [1.165, 1.54) is 17.8 Å². The molecule has 0 aliphatic heterocycles. The van der Waals surface area contributed by atoms with E-state index < -0.39 is 0 Å². The Morgan fingerprint density at radius 1 is 1.29 bits per heavy atom. The number of rotatable bonds is 5. The number of aryl methyl sites for hydroxylation is 1. The lowest BCUT2D eigenvalue weighted by atomic mass is 10.2. The van der Waals surface area contributed by atoms with E-state index in [1.807, 2.05) is 25.1 Å². The van der Waals surface area contributed by atoms with Crippen LogP contribution in [0.15, 0.2) is 47.4 Å². The van der Waals surface area contributed by atoms with E-state index in [2.05, 4.69) is 5.32 Å². The van der Waals surface area contributed by atoms with Gasteiger partial charge in [0, 0.05) is 22.7 Å². The predicted octanol–water partition coefficient (Wildman–Crippen LogP) is 3.12. The molecule has 21 heavy (non-hydrogen) atoms. The van der Waals surface area contributed by atoms with Crippen molar-refractivity contribution >= 4 is 23.4 Å². The maximum absolute atomic E-state index is 13.4. The van der Waals surface area contributed by atoms with Crippen LogP contribution in [0.1, 0.15) is 11.1 Å². The molecule has 0 saturated heterocycles. The van der Waals surface area contributed by atoms with Gasteiger partial charge < -0.3 is 11.1 Å². The number of thioether (sulfide) groups is 1. The van der Waals surface area contributed by atoms with Gasteiger partial charge in [-0.1, -0.05) is 24.3 Å². The lowest BCUT2D eigenvalue weighted by molar-refractivity contribution is -0.118. The van der Waals surface area contributed by atoms with Crippen molar-refractivity contribution in [2.24, 2.45) is 0 Å². The molecule has 0 aliphatic carbocycles. The number of carbonyl (C=O) groups is 1. The van der Waals surface area contributed by atoms with Gasteiger partial charge in [-0.15, -0.1) is 11.8 Å². The van der Waals surface area contributed by atoms with Crippen molar-refractivity contribution in [3.63, 3.8) is 0 Å². The van der Waals surface area contributed by atoms with Crippen molar-refractivity contribution in [2.45, 2.75) is 18.4 Å². The maximum Gasteiger partial charge on any atom is 0.230 e. The fraction of sp³-hybridized carbons (Fsp3) is 0.188. The second-order valence-corrected chi connectivity index (χ2v) is 5.70. The van der Waals surface area contributed by atoms with Gasteiger partial charge in [0.15, 0.2) is 0 Å². The molecule has 0 aliphatic rings. The second kappa shape index (κ2) is 7.13. The molecule has 0 saturated carbocycles. The van der Waals surface area contributed by atoms with Crippen LogP contribution in [0, 0.1) is 12.7 Å².